The number of fused-ring (bicyclic) bond motifs is 3. The molecule has 3 fully saturated rings. The Labute approximate surface area is 297 Å². The van der Waals surface area contributed by atoms with Gasteiger partial charge in [0.25, 0.3) is 0 Å². The van der Waals surface area contributed by atoms with E-state index >= 15 is 17.6 Å². The SMILES string of the molecule is C=CC(=O)N1CCC(N(C)c2nc(OCC34CCCN3CC(F)C4)nc3c(F)c(-c4ccc(F)c5sc(N)c(C#N)c45)c(C(F)(F)F)cc23)C1CF. The van der Waals surface area contributed by atoms with Gasteiger partial charge in [-0.15, -0.1) is 11.3 Å². The molecule has 4 aromatic rings. The number of nitrogen functional groups attached to an aromatic ring is 1. The monoisotopic (exact) mass is 747 g/mol. The van der Waals surface area contributed by atoms with Crippen LogP contribution in [-0.2, 0) is 11.0 Å². The fourth-order valence-electron chi connectivity index (χ4n) is 8.19. The first-order chi connectivity index (χ1) is 24.7. The maximum absolute atomic E-state index is 17.1. The van der Waals surface area contributed by atoms with Crippen molar-refractivity contribution in [1.29, 1.82) is 5.26 Å². The van der Waals surface area contributed by atoms with Crippen LogP contribution in [0.2, 0.25) is 0 Å². The number of ether oxygens (including phenoxy) is 1. The fourth-order valence-corrected chi connectivity index (χ4v) is 9.14. The molecular weight excluding hydrogens is 715 g/mol. The Morgan fingerprint density at radius 2 is 2.06 bits per heavy atom. The molecule has 5 heterocycles. The average Bonchev–Trinajstić information content (AvgIpc) is 3.87. The summed E-state index contributed by atoms with van der Waals surface area (Å²) in [6.45, 7) is 3.34. The maximum atomic E-state index is 17.1. The summed E-state index contributed by atoms with van der Waals surface area (Å²) in [7, 11) is 1.44. The summed E-state index contributed by atoms with van der Waals surface area (Å²) in [5, 5.41) is 8.98. The first kappa shape index (κ1) is 35.7. The highest BCUT2D eigenvalue weighted by molar-refractivity contribution is 7.23. The van der Waals surface area contributed by atoms with E-state index in [0.29, 0.717) is 30.4 Å². The van der Waals surface area contributed by atoms with Crippen LogP contribution in [0.25, 0.3) is 32.1 Å². The van der Waals surface area contributed by atoms with Gasteiger partial charge in [-0.2, -0.15) is 28.4 Å². The zero-order valence-corrected chi connectivity index (χ0v) is 28.6. The Morgan fingerprint density at radius 1 is 1.29 bits per heavy atom. The molecule has 0 aliphatic carbocycles. The Kier molecular flexibility index (Phi) is 8.97. The molecule has 3 aliphatic rings. The number of carbonyl (C=O) groups is 1. The molecule has 0 bridgehead atoms. The molecule has 274 valence electrons. The topological polar surface area (TPSA) is 112 Å². The first-order valence-electron chi connectivity index (χ1n) is 16.5. The number of anilines is 2. The van der Waals surface area contributed by atoms with Gasteiger partial charge in [-0.3, -0.25) is 9.69 Å². The molecule has 2 N–H and O–H groups in total. The lowest BCUT2D eigenvalue weighted by atomic mass is 9.92. The van der Waals surface area contributed by atoms with Crippen molar-refractivity contribution in [2.75, 3.05) is 50.6 Å². The number of amides is 1. The van der Waals surface area contributed by atoms with Crippen molar-refractivity contribution in [2.45, 2.75) is 55.7 Å². The van der Waals surface area contributed by atoms with Crippen LogP contribution in [-0.4, -0.2) is 89.4 Å². The zero-order chi connectivity index (χ0) is 37.3. The number of nitriles is 1. The van der Waals surface area contributed by atoms with Gasteiger partial charge in [-0.05, 0) is 49.6 Å². The number of hydrogen-bond acceptors (Lipinski definition) is 9. The summed E-state index contributed by atoms with van der Waals surface area (Å²) in [4.78, 5) is 25.8. The summed E-state index contributed by atoms with van der Waals surface area (Å²) in [6.07, 6.45) is -3.48. The van der Waals surface area contributed by atoms with Crippen LogP contribution in [0, 0.1) is 23.0 Å². The van der Waals surface area contributed by atoms with Gasteiger partial charge in [0, 0.05) is 42.9 Å². The summed E-state index contributed by atoms with van der Waals surface area (Å²) in [5.74, 6) is -3.09. The summed E-state index contributed by atoms with van der Waals surface area (Å²) < 4.78 is 112. The minimum Gasteiger partial charge on any atom is -0.461 e. The number of nitrogens with two attached hydrogens (primary N) is 1. The number of likely N-dealkylation sites (tertiary alicyclic amines) is 1. The lowest BCUT2D eigenvalue weighted by molar-refractivity contribution is -0.137. The summed E-state index contributed by atoms with van der Waals surface area (Å²) >= 11 is 0.645. The van der Waals surface area contributed by atoms with Crippen molar-refractivity contribution in [3.8, 4) is 23.2 Å². The highest BCUT2D eigenvalue weighted by Gasteiger charge is 2.49. The van der Waals surface area contributed by atoms with E-state index < -0.39 is 87.8 Å². The Balaban J connectivity index is 1.45. The number of aromatic nitrogens is 2. The molecule has 3 saturated heterocycles. The third-order valence-electron chi connectivity index (χ3n) is 10.6. The highest BCUT2D eigenvalue weighted by Crippen LogP contribution is 2.48. The van der Waals surface area contributed by atoms with E-state index in [-0.39, 0.29) is 59.0 Å². The molecule has 0 saturated carbocycles. The molecule has 4 atom stereocenters. The Morgan fingerprint density at radius 3 is 2.75 bits per heavy atom. The number of rotatable bonds is 8. The van der Waals surface area contributed by atoms with Crippen molar-refractivity contribution in [1.82, 2.24) is 19.8 Å². The fraction of sp³-hybridized carbons (Fsp3) is 0.429. The summed E-state index contributed by atoms with van der Waals surface area (Å²) in [6, 6.07) is 2.00. The zero-order valence-electron chi connectivity index (χ0n) is 27.7. The first-order valence-corrected chi connectivity index (χ1v) is 17.3. The minimum atomic E-state index is -5.19. The molecule has 7 rings (SSSR count). The maximum Gasteiger partial charge on any atom is 0.417 e. The molecule has 4 unspecified atom stereocenters. The van der Waals surface area contributed by atoms with E-state index in [1.807, 2.05) is 4.90 Å². The number of hydrogen-bond donors (Lipinski definition) is 1. The normalized spacial score (nSPS) is 23.4. The van der Waals surface area contributed by atoms with Gasteiger partial charge in [0.1, 0.15) is 47.7 Å². The number of carbonyl (C=O) groups excluding carboxylic acids is 1. The molecular formula is C35H32F7N7O2S. The molecule has 0 spiro atoms. The molecule has 3 aliphatic heterocycles. The van der Waals surface area contributed by atoms with Crippen molar-refractivity contribution in [2.24, 2.45) is 0 Å². The van der Waals surface area contributed by atoms with Crippen LogP contribution in [0.5, 0.6) is 6.01 Å². The minimum absolute atomic E-state index is 0.0896. The molecule has 1 amide bonds. The molecule has 9 nitrogen and oxygen atoms in total. The Bertz CT molecular complexity index is 2150. The van der Waals surface area contributed by atoms with Gasteiger partial charge in [0.15, 0.2) is 5.82 Å². The van der Waals surface area contributed by atoms with Gasteiger partial charge in [0.05, 0.1) is 33.4 Å². The summed E-state index contributed by atoms with van der Waals surface area (Å²) in [5.41, 5.74) is 1.44. The lowest BCUT2D eigenvalue weighted by Crippen LogP contribution is -2.47. The number of likely N-dealkylation sites (N-methyl/N-ethyl adjacent to an activating group) is 1. The molecule has 17 heteroatoms. The number of nitrogens with zero attached hydrogens (tertiary/aromatic N) is 6. The molecule has 2 aromatic heterocycles. The molecule has 52 heavy (non-hydrogen) atoms. The molecule has 0 radical (unpaired) electrons. The van der Waals surface area contributed by atoms with Crippen molar-refractivity contribution in [3.63, 3.8) is 0 Å². The van der Waals surface area contributed by atoms with Crippen LogP contribution < -0.4 is 15.4 Å². The van der Waals surface area contributed by atoms with Gasteiger partial charge >= 0.3 is 12.2 Å². The van der Waals surface area contributed by atoms with Crippen molar-refractivity contribution in [3.05, 3.63) is 53.6 Å². The molecule has 2 aromatic carbocycles. The van der Waals surface area contributed by atoms with Crippen LogP contribution in [0.4, 0.5) is 41.6 Å². The third-order valence-corrected chi connectivity index (χ3v) is 11.6. The average molecular weight is 748 g/mol. The second-order valence-electron chi connectivity index (χ2n) is 13.4. The van der Waals surface area contributed by atoms with Crippen molar-refractivity contribution >= 4 is 49.1 Å². The van der Waals surface area contributed by atoms with Crippen LogP contribution in [0.15, 0.2) is 30.9 Å². The third kappa shape index (κ3) is 5.67. The quantitative estimate of drug-likeness (QED) is 0.155. The van der Waals surface area contributed by atoms with E-state index in [4.69, 9.17) is 10.5 Å². The van der Waals surface area contributed by atoms with E-state index in [2.05, 4.69) is 16.5 Å². The predicted octanol–water partition coefficient (Wildman–Crippen LogP) is 6.78. The van der Waals surface area contributed by atoms with Gasteiger partial charge in [0.2, 0.25) is 5.91 Å². The standard InChI is InChI=1S/C35H32F7N7O2S/c1-3-25(50)49-10-7-23(24(49)13-36)47(2)32-19-11-21(35(40,41)42)27(18-5-6-22(38)30-26(18)20(14-43)31(44)52-30)28(39)29(19)45-33(46-32)51-16-34-8-4-9-48(34)15-17(37)12-34/h3,5-6,11,17,23-24H,1,4,7-10,12-13,15-16,44H2,2H3. The lowest BCUT2D eigenvalue weighted by Gasteiger charge is -2.33. The van der Waals surface area contributed by atoms with Crippen molar-refractivity contribution < 1.29 is 40.3 Å². The number of halogens is 7. The van der Waals surface area contributed by atoms with E-state index in [1.54, 1.807) is 6.07 Å². The predicted molar refractivity (Wildman–Crippen MR) is 181 cm³/mol. The smallest absolute Gasteiger partial charge is 0.417 e. The second-order valence-corrected chi connectivity index (χ2v) is 14.4. The Hall–Kier alpha value is -4.69. The van der Waals surface area contributed by atoms with Gasteiger partial charge in [-0.1, -0.05) is 12.6 Å². The van der Waals surface area contributed by atoms with Gasteiger partial charge < -0.3 is 20.3 Å². The number of thiophene rings is 1. The van der Waals surface area contributed by atoms with E-state index in [1.165, 1.54) is 16.8 Å². The number of benzene rings is 2. The largest absolute Gasteiger partial charge is 0.461 e. The van der Waals surface area contributed by atoms with Crippen LogP contribution in [0.1, 0.15) is 36.8 Å². The highest BCUT2D eigenvalue weighted by atomic mass is 32.1. The number of alkyl halides is 5. The van der Waals surface area contributed by atoms with Gasteiger partial charge in [-0.25, -0.2) is 17.6 Å². The van der Waals surface area contributed by atoms with E-state index in [0.717, 1.165) is 24.6 Å². The van der Waals surface area contributed by atoms with Crippen LogP contribution in [0.3, 0.4) is 0 Å². The van der Waals surface area contributed by atoms with Crippen LogP contribution >= 0.6 is 11.3 Å². The van der Waals surface area contributed by atoms with E-state index in [9.17, 15) is 23.2 Å². The second kappa shape index (κ2) is 13.1.